The first-order valence-electron chi connectivity index (χ1n) is 18.4. The maximum absolute atomic E-state index is 12.6. The van der Waals surface area contributed by atoms with Gasteiger partial charge < -0.3 is 24.6 Å². The van der Waals surface area contributed by atoms with Crippen molar-refractivity contribution in [1.82, 2.24) is 24.5 Å². The fraction of sp³-hybridized carbons (Fsp3) is 0.310. The minimum absolute atomic E-state index is 0.160. The maximum atomic E-state index is 12.6. The lowest BCUT2D eigenvalue weighted by Gasteiger charge is -2.47. The molecule has 4 fully saturated rings. The number of morpholine rings is 1. The number of nitrogens with zero attached hydrogens (tertiary/aromatic N) is 6. The van der Waals surface area contributed by atoms with Crippen molar-refractivity contribution in [3.63, 3.8) is 0 Å². The van der Waals surface area contributed by atoms with Gasteiger partial charge in [0.25, 0.3) is 0 Å². The van der Waals surface area contributed by atoms with E-state index in [9.17, 15) is 9.90 Å². The smallest absolute Gasteiger partial charge is 0.308 e. The van der Waals surface area contributed by atoms with Crippen molar-refractivity contribution in [1.29, 1.82) is 0 Å². The number of nitrogens with one attached hydrogen (secondary N) is 1. The van der Waals surface area contributed by atoms with Crippen LogP contribution in [0.4, 0.5) is 11.6 Å². The van der Waals surface area contributed by atoms with E-state index in [2.05, 4.69) is 93.8 Å². The normalized spacial score (nSPS) is 21.5. The van der Waals surface area contributed by atoms with Crippen LogP contribution in [-0.2, 0) is 15.1 Å². The zero-order valence-corrected chi connectivity index (χ0v) is 29.9. The molecule has 0 spiro atoms. The van der Waals surface area contributed by atoms with Crippen LogP contribution in [0.15, 0.2) is 109 Å². The standard InChI is InChI=1S/C42H40ClN7O3/c43-33-25-44-40-38(45-33)32(26-50(40)42(29-10-4-1-5-11-29,30-12-6-2-7-13-30)31-14-8-3-9-15-31)39-47-34(24-35(48-39)49-20-22-53-23-21-49)46-37-28-18-16-27(17-19-28)36(37)41(51)52/h1-15,24-28,36-37H,16-23H2,(H,51,52)(H,46,47,48). The molecule has 0 amide bonds. The first kappa shape index (κ1) is 33.5. The summed E-state index contributed by atoms with van der Waals surface area (Å²) in [5.74, 6) is 0.997. The average molecular weight is 726 g/mol. The second kappa shape index (κ2) is 13.9. The summed E-state index contributed by atoms with van der Waals surface area (Å²) in [7, 11) is 0. The molecule has 268 valence electrons. The van der Waals surface area contributed by atoms with Gasteiger partial charge in [0, 0.05) is 31.4 Å². The highest BCUT2D eigenvalue weighted by Crippen LogP contribution is 2.47. The highest BCUT2D eigenvalue weighted by Gasteiger charge is 2.47. The Balaban J connectivity index is 1.28. The second-order valence-electron chi connectivity index (χ2n) is 14.3. The molecule has 4 aliphatic rings. The van der Waals surface area contributed by atoms with E-state index >= 15 is 0 Å². The average Bonchev–Trinajstić information content (AvgIpc) is 3.58. The summed E-state index contributed by atoms with van der Waals surface area (Å²) in [5.41, 5.74) is 4.09. The molecule has 1 aliphatic heterocycles. The molecule has 2 N–H and O–H groups in total. The van der Waals surface area contributed by atoms with E-state index in [1.165, 1.54) is 0 Å². The van der Waals surface area contributed by atoms with Gasteiger partial charge in [-0.25, -0.2) is 19.9 Å². The molecule has 11 heteroatoms. The Labute approximate surface area is 312 Å². The Kier molecular flexibility index (Phi) is 8.80. The molecule has 1 saturated heterocycles. The number of aromatic nitrogens is 5. The molecule has 2 bridgehead atoms. The number of benzene rings is 3. The van der Waals surface area contributed by atoms with E-state index in [1.807, 2.05) is 24.3 Å². The fourth-order valence-corrected chi connectivity index (χ4v) is 9.24. The number of anilines is 2. The lowest BCUT2D eigenvalue weighted by atomic mass is 9.61. The second-order valence-corrected chi connectivity index (χ2v) is 14.7. The summed E-state index contributed by atoms with van der Waals surface area (Å²) in [6.07, 6.45) is 7.58. The van der Waals surface area contributed by atoms with Crippen LogP contribution in [0.25, 0.3) is 22.6 Å². The van der Waals surface area contributed by atoms with Crippen LogP contribution in [0.1, 0.15) is 42.4 Å². The Morgan fingerprint density at radius 1 is 0.811 bits per heavy atom. The highest BCUT2D eigenvalue weighted by atomic mass is 35.5. The van der Waals surface area contributed by atoms with E-state index in [-0.39, 0.29) is 23.0 Å². The Bertz CT molecular complexity index is 2140. The van der Waals surface area contributed by atoms with Gasteiger partial charge in [-0.2, -0.15) is 0 Å². The summed E-state index contributed by atoms with van der Waals surface area (Å²) in [5, 5.41) is 14.3. The molecule has 3 aromatic carbocycles. The van der Waals surface area contributed by atoms with E-state index in [4.69, 9.17) is 36.3 Å². The quantitative estimate of drug-likeness (QED) is 0.146. The number of carboxylic acids is 1. The number of carboxylic acid groups (broad SMARTS) is 1. The van der Waals surface area contributed by atoms with Crippen molar-refractivity contribution in [3.05, 3.63) is 131 Å². The molecular weight excluding hydrogens is 686 g/mol. The number of hydrogen-bond acceptors (Lipinski definition) is 8. The number of halogens is 1. The maximum Gasteiger partial charge on any atom is 0.308 e. The van der Waals surface area contributed by atoms with Crippen LogP contribution in [0.3, 0.4) is 0 Å². The molecule has 3 saturated carbocycles. The van der Waals surface area contributed by atoms with Gasteiger partial charge in [0.05, 0.1) is 30.9 Å². The predicted octanol–water partition coefficient (Wildman–Crippen LogP) is 7.52. The van der Waals surface area contributed by atoms with E-state index in [0.717, 1.165) is 48.2 Å². The third kappa shape index (κ3) is 5.90. The first-order chi connectivity index (χ1) is 26.0. The summed E-state index contributed by atoms with van der Waals surface area (Å²) >= 11 is 6.63. The lowest BCUT2D eigenvalue weighted by Crippen LogP contribution is -2.51. The molecule has 0 radical (unpaired) electrons. The van der Waals surface area contributed by atoms with E-state index in [1.54, 1.807) is 6.20 Å². The van der Waals surface area contributed by atoms with Crippen molar-refractivity contribution >= 4 is 40.4 Å². The zero-order valence-electron chi connectivity index (χ0n) is 29.2. The SMILES string of the molecule is O=C(O)C1C2CCC(CC2)C1Nc1cc(N2CCOCC2)nc(-c2cn(C(c3ccccc3)(c3ccccc3)c3ccccc3)c3ncc(Cl)nc23)n1. The van der Waals surface area contributed by atoms with Crippen molar-refractivity contribution in [3.8, 4) is 11.4 Å². The number of rotatable bonds is 9. The Morgan fingerprint density at radius 2 is 1.40 bits per heavy atom. The van der Waals surface area contributed by atoms with Crippen molar-refractivity contribution in [2.75, 3.05) is 36.5 Å². The van der Waals surface area contributed by atoms with Gasteiger partial charge >= 0.3 is 5.97 Å². The minimum atomic E-state index is -0.873. The van der Waals surface area contributed by atoms with Crippen LogP contribution >= 0.6 is 11.6 Å². The van der Waals surface area contributed by atoms with Crippen LogP contribution in [-0.4, -0.2) is 67.9 Å². The van der Waals surface area contributed by atoms with Crippen LogP contribution in [0.5, 0.6) is 0 Å². The molecule has 4 heterocycles. The molecular formula is C42H40ClN7O3. The van der Waals surface area contributed by atoms with Gasteiger partial charge in [-0.3, -0.25) is 4.79 Å². The van der Waals surface area contributed by atoms with Gasteiger partial charge in [0.15, 0.2) is 11.5 Å². The lowest BCUT2D eigenvalue weighted by molar-refractivity contribution is -0.148. The van der Waals surface area contributed by atoms with Crippen LogP contribution in [0, 0.1) is 17.8 Å². The predicted molar refractivity (Wildman–Crippen MR) is 205 cm³/mol. The number of fused-ring (bicyclic) bond motifs is 4. The molecule has 10 rings (SSSR count). The van der Waals surface area contributed by atoms with E-state index in [0.29, 0.717) is 54.7 Å². The van der Waals surface area contributed by atoms with Crippen molar-refractivity contribution < 1.29 is 14.6 Å². The van der Waals surface area contributed by atoms with Crippen molar-refractivity contribution in [2.45, 2.75) is 37.3 Å². The number of aliphatic carboxylic acids is 1. The van der Waals surface area contributed by atoms with Crippen molar-refractivity contribution in [2.24, 2.45) is 17.8 Å². The molecule has 10 nitrogen and oxygen atoms in total. The largest absolute Gasteiger partial charge is 0.481 e. The summed E-state index contributed by atoms with van der Waals surface area (Å²) < 4.78 is 7.88. The number of hydrogen-bond donors (Lipinski definition) is 2. The molecule has 53 heavy (non-hydrogen) atoms. The highest BCUT2D eigenvalue weighted by molar-refractivity contribution is 6.29. The summed E-state index contributed by atoms with van der Waals surface area (Å²) in [6.45, 7) is 2.52. The summed E-state index contributed by atoms with van der Waals surface area (Å²) in [6, 6.07) is 33.0. The third-order valence-electron chi connectivity index (χ3n) is 11.5. The van der Waals surface area contributed by atoms with Gasteiger partial charge in [-0.1, -0.05) is 103 Å². The minimum Gasteiger partial charge on any atom is -0.481 e. The van der Waals surface area contributed by atoms with E-state index < -0.39 is 17.4 Å². The molecule has 3 aliphatic carbocycles. The molecule has 2 unspecified atom stereocenters. The van der Waals surface area contributed by atoms with Crippen LogP contribution < -0.4 is 10.2 Å². The number of ether oxygens (including phenoxy) is 1. The molecule has 2 atom stereocenters. The third-order valence-corrected chi connectivity index (χ3v) is 11.7. The van der Waals surface area contributed by atoms with Gasteiger partial charge in [0.1, 0.15) is 27.8 Å². The van der Waals surface area contributed by atoms with Crippen LogP contribution in [0.2, 0.25) is 5.15 Å². The topological polar surface area (TPSA) is 118 Å². The monoisotopic (exact) mass is 725 g/mol. The summed E-state index contributed by atoms with van der Waals surface area (Å²) in [4.78, 5) is 35.1. The van der Waals surface area contributed by atoms with Gasteiger partial charge in [0.2, 0.25) is 0 Å². The van der Waals surface area contributed by atoms with Gasteiger partial charge in [-0.15, -0.1) is 0 Å². The molecule has 3 aromatic heterocycles. The zero-order chi connectivity index (χ0) is 35.9. The number of carbonyl (C=O) groups is 1. The van der Waals surface area contributed by atoms with Gasteiger partial charge in [-0.05, 0) is 54.2 Å². The first-order valence-corrected chi connectivity index (χ1v) is 18.8. The fourth-order valence-electron chi connectivity index (χ4n) is 9.11. The Hall–Kier alpha value is -5.32. The molecule has 6 aromatic rings. The Morgan fingerprint density at radius 3 is 1.98 bits per heavy atom.